The quantitative estimate of drug-likeness (QED) is 0.0490. The van der Waals surface area contributed by atoms with E-state index in [9.17, 15) is 9.59 Å². The number of unbranched alkanes of at least 4 members (excludes halogenated alkanes) is 31. The van der Waals surface area contributed by atoms with E-state index in [1.165, 1.54) is 167 Å². The predicted octanol–water partition coefficient (Wildman–Crippen LogP) is 14.2. The molecule has 4 heteroatoms. The minimum Gasteiger partial charge on any atom is -0.466 e. The van der Waals surface area contributed by atoms with Crippen molar-refractivity contribution in [1.29, 1.82) is 0 Å². The molecular formula is C42H82O4. The van der Waals surface area contributed by atoms with Gasteiger partial charge in [0.15, 0.2) is 0 Å². The third-order valence-corrected chi connectivity index (χ3v) is 9.53. The van der Waals surface area contributed by atoms with E-state index in [4.69, 9.17) is 9.47 Å². The SMILES string of the molecule is CCCCCCCCCCCCCCCCOC(=O)CCCCCCCCC(=O)OCCCCCCCCCCCCCCCC. The molecule has 0 spiro atoms. The van der Waals surface area contributed by atoms with Gasteiger partial charge in [-0.25, -0.2) is 0 Å². The molecule has 0 aliphatic carbocycles. The zero-order valence-corrected chi connectivity index (χ0v) is 31.5. The largest absolute Gasteiger partial charge is 0.466 e. The van der Waals surface area contributed by atoms with E-state index in [2.05, 4.69) is 13.8 Å². The second kappa shape index (κ2) is 40.1. The van der Waals surface area contributed by atoms with Crippen LogP contribution in [0.25, 0.3) is 0 Å². The third-order valence-electron chi connectivity index (χ3n) is 9.53. The van der Waals surface area contributed by atoms with Gasteiger partial charge in [0.25, 0.3) is 0 Å². The lowest BCUT2D eigenvalue weighted by Gasteiger charge is -2.06. The number of ether oxygens (including phenoxy) is 2. The normalized spacial score (nSPS) is 11.3. The number of carbonyl (C=O) groups excluding carboxylic acids is 2. The summed E-state index contributed by atoms with van der Waals surface area (Å²) < 4.78 is 10.8. The highest BCUT2D eigenvalue weighted by Crippen LogP contribution is 2.15. The van der Waals surface area contributed by atoms with Crippen molar-refractivity contribution >= 4 is 11.9 Å². The van der Waals surface area contributed by atoms with Crippen molar-refractivity contribution in [3.8, 4) is 0 Å². The van der Waals surface area contributed by atoms with Crippen LogP contribution >= 0.6 is 0 Å². The first-order valence-corrected chi connectivity index (χ1v) is 21.0. The standard InChI is InChI=1S/C42H82O4/c1-3-5-7-9-11-13-15-17-19-21-23-27-31-35-39-45-41(43)37-33-29-25-26-30-34-38-42(44)46-40-36-32-28-24-22-20-18-16-14-12-10-8-6-4-2/h3-40H2,1-2H3. The molecule has 4 nitrogen and oxygen atoms in total. The molecule has 46 heavy (non-hydrogen) atoms. The smallest absolute Gasteiger partial charge is 0.305 e. The van der Waals surface area contributed by atoms with E-state index in [1.807, 2.05) is 0 Å². The van der Waals surface area contributed by atoms with Crippen LogP contribution in [-0.4, -0.2) is 25.2 Å². The molecular weight excluding hydrogens is 568 g/mol. The molecule has 0 heterocycles. The van der Waals surface area contributed by atoms with E-state index in [0.29, 0.717) is 26.1 Å². The molecule has 0 bridgehead atoms. The molecule has 0 aliphatic heterocycles. The molecule has 0 atom stereocenters. The van der Waals surface area contributed by atoms with Crippen LogP contribution in [0.4, 0.5) is 0 Å². The van der Waals surface area contributed by atoms with Crippen molar-refractivity contribution in [1.82, 2.24) is 0 Å². The minimum absolute atomic E-state index is 0.0313. The molecule has 0 fully saturated rings. The second-order valence-electron chi connectivity index (χ2n) is 14.3. The second-order valence-corrected chi connectivity index (χ2v) is 14.3. The molecule has 0 aliphatic rings. The van der Waals surface area contributed by atoms with Crippen LogP contribution < -0.4 is 0 Å². The monoisotopic (exact) mass is 651 g/mol. The maximum atomic E-state index is 12.0. The highest BCUT2D eigenvalue weighted by Gasteiger charge is 2.05. The van der Waals surface area contributed by atoms with Crippen molar-refractivity contribution in [3.63, 3.8) is 0 Å². The first-order chi connectivity index (χ1) is 22.7. The van der Waals surface area contributed by atoms with Gasteiger partial charge in [0.2, 0.25) is 0 Å². The van der Waals surface area contributed by atoms with Gasteiger partial charge in [-0.1, -0.05) is 206 Å². The Labute approximate surface area is 288 Å². The Balaban J connectivity index is 3.24. The van der Waals surface area contributed by atoms with Gasteiger partial charge in [-0.3, -0.25) is 9.59 Å². The van der Waals surface area contributed by atoms with Crippen LogP contribution in [0.1, 0.15) is 245 Å². The molecule has 0 aromatic carbocycles. The van der Waals surface area contributed by atoms with Crippen LogP contribution in [0.15, 0.2) is 0 Å². The fourth-order valence-corrected chi connectivity index (χ4v) is 6.36. The number of carbonyl (C=O) groups is 2. The summed E-state index contributed by atoms with van der Waals surface area (Å²) in [7, 11) is 0. The van der Waals surface area contributed by atoms with Gasteiger partial charge in [0.1, 0.15) is 0 Å². The molecule has 0 aromatic rings. The lowest BCUT2D eigenvalue weighted by Crippen LogP contribution is -2.06. The van der Waals surface area contributed by atoms with Gasteiger partial charge in [-0.2, -0.15) is 0 Å². The van der Waals surface area contributed by atoms with Crippen molar-refractivity contribution in [2.24, 2.45) is 0 Å². The first kappa shape index (κ1) is 44.9. The summed E-state index contributed by atoms with van der Waals surface area (Å²) >= 11 is 0. The average molecular weight is 651 g/mol. The Morgan fingerprint density at radius 1 is 0.283 bits per heavy atom. The van der Waals surface area contributed by atoms with Crippen molar-refractivity contribution in [2.75, 3.05) is 13.2 Å². The fourth-order valence-electron chi connectivity index (χ4n) is 6.36. The molecule has 0 rings (SSSR count). The maximum Gasteiger partial charge on any atom is 0.305 e. The molecule has 0 N–H and O–H groups in total. The summed E-state index contributed by atoms with van der Waals surface area (Å²) in [6.45, 7) is 5.74. The van der Waals surface area contributed by atoms with Crippen molar-refractivity contribution in [2.45, 2.75) is 245 Å². The summed E-state index contributed by atoms with van der Waals surface area (Å²) in [5.74, 6) is -0.0625. The fraction of sp³-hybridized carbons (Fsp3) is 0.952. The summed E-state index contributed by atoms with van der Waals surface area (Å²) in [4.78, 5) is 23.9. The van der Waals surface area contributed by atoms with Gasteiger partial charge < -0.3 is 9.47 Å². The number of hydrogen-bond acceptors (Lipinski definition) is 4. The zero-order chi connectivity index (χ0) is 33.4. The lowest BCUT2D eigenvalue weighted by molar-refractivity contribution is -0.144. The van der Waals surface area contributed by atoms with E-state index in [1.54, 1.807) is 0 Å². The molecule has 0 amide bonds. The van der Waals surface area contributed by atoms with Gasteiger partial charge in [-0.05, 0) is 25.7 Å². The highest BCUT2D eigenvalue weighted by atomic mass is 16.5. The van der Waals surface area contributed by atoms with Gasteiger partial charge in [0, 0.05) is 12.8 Å². The lowest BCUT2D eigenvalue weighted by atomic mass is 10.0. The van der Waals surface area contributed by atoms with Crippen molar-refractivity contribution < 1.29 is 19.1 Å². The van der Waals surface area contributed by atoms with E-state index >= 15 is 0 Å². The van der Waals surface area contributed by atoms with Crippen LogP contribution in [-0.2, 0) is 19.1 Å². The number of rotatable bonds is 39. The molecule has 0 radical (unpaired) electrons. The van der Waals surface area contributed by atoms with Crippen LogP contribution in [0.5, 0.6) is 0 Å². The molecule has 274 valence electrons. The summed E-state index contributed by atoms with van der Waals surface area (Å²) in [6, 6.07) is 0. The van der Waals surface area contributed by atoms with Crippen molar-refractivity contribution in [3.05, 3.63) is 0 Å². The van der Waals surface area contributed by atoms with Gasteiger partial charge in [0.05, 0.1) is 13.2 Å². The Kier molecular flexibility index (Phi) is 39.2. The van der Waals surface area contributed by atoms with E-state index in [-0.39, 0.29) is 11.9 Å². The average Bonchev–Trinajstić information content (AvgIpc) is 3.05. The van der Waals surface area contributed by atoms with Crippen LogP contribution in [0.2, 0.25) is 0 Å². The van der Waals surface area contributed by atoms with E-state index < -0.39 is 0 Å². The third kappa shape index (κ3) is 39.1. The zero-order valence-electron chi connectivity index (χ0n) is 31.5. The number of hydrogen-bond donors (Lipinski definition) is 0. The summed E-state index contributed by atoms with van der Waals surface area (Å²) in [5, 5.41) is 0. The topological polar surface area (TPSA) is 52.6 Å². The first-order valence-electron chi connectivity index (χ1n) is 21.0. The predicted molar refractivity (Wildman–Crippen MR) is 199 cm³/mol. The van der Waals surface area contributed by atoms with Gasteiger partial charge in [-0.15, -0.1) is 0 Å². The molecule has 0 unspecified atom stereocenters. The Hall–Kier alpha value is -1.06. The Bertz CT molecular complexity index is 552. The Morgan fingerprint density at radius 2 is 0.478 bits per heavy atom. The maximum absolute atomic E-state index is 12.0. The number of esters is 2. The molecule has 0 saturated heterocycles. The summed E-state index contributed by atoms with van der Waals surface area (Å²) in [5.41, 5.74) is 0. The highest BCUT2D eigenvalue weighted by molar-refractivity contribution is 5.69. The van der Waals surface area contributed by atoms with Gasteiger partial charge >= 0.3 is 11.9 Å². The Morgan fingerprint density at radius 3 is 0.717 bits per heavy atom. The minimum atomic E-state index is -0.0313. The van der Waals surface area contributed by atoms with Crippen LogP contribution in [0.3, 0.4) is 0 Å². The molecule has 0 saturated carbocycles. The summed E-state index contributed by atoms with van der Waals surface area (Å²) in [6.07, 6.45) is 44.9. The van der Waals surface area contributed by atoms with Crippen LogP contribution in [0, 0.1) is 0 Å². The molecule has 0 aromatic heterocycles. The van der Waals surface area contributed by atoms with E-state index in [0.717, 1.165) is 51.4 Å².